The highest BCUT2D eigenvalue weighted by molar-refractivity contribution is 5.99. The molecule has 0 saturated carbocycles. The Kier molecular flexibility index (Phi) is 4.75. The Balaban J connectivity index is 2.24. The van der Waals surface area contributed by atoms with Gasteiger partial charge in [-0.3, -0.25) is 9.89 Å². The van der Waals surface area contributed by atoms with Crippen LogP contribution in [0.15, 0.2) is 12.3 Å². The predicted octanol–water partition coefficient (Wildman–Crippen LogP) is 1.58. The lowest BCUT2D eigenvalue weighted by molar-refractivity contribution is -0.144. The quantitative estimate of drug-likeness (QED) is 0.817. The molecule has 1 amide bonds. The third-order valence-corrected chi connectivity index (χ3v) is 3.82. The van der Waals surface area contributed by atoms with Crippen molar-refractivity contribution in [1.82, 2.24) is 20.5 Å². The lowest BCUT2D eigenvalue weighted by Crippen LogP contribution is -2.45. The van der Waals surface area contributed by atoms with Gasteiger partial charge >= 0.3 is 5.97 Å². The van der Waals surface area contributed by atoms with Crippen LogP contribution in [0, 0.1) is 12.8 Å². The minimum absolute atomic E-state index is 0.0243. The molecule has 0 fully saturated rings. The number of ether oxygens (including phenoxy) is 1. The lowest BCUT2D eigenvalue weighted by Gasteiger charge is -2.21. The number of esters is 1. The summed E-state index contributed by atoms with van der Waals surface area (Å²) in [5.74, 6) is -0.828. The summed E-state index contributed by atoms with van der Waals surface area (Å²) in [7, 11) is 1.31. The normalized spacial score (nSPS) is 13.6. The summed E-state index contributed by atoms with van der Waals surface area (Å²) in [5, 5.41) is 10.4. The number of carbonyl (C=O) groups is 2. The number of hydrogen-bond acceptors (Lipinski definition) is 5. The molecule has 2 atom stereocenters. The number of pyridine rings is 1. The van der Waals surface area contributed by atoms with Gasteiger partial charge in [0.25, 0.3) is 5.91 Å². The first-order valence-electron chi connectivity index (χ1n) is 7.17. The van der Waals surface area contributed by atoms with Crippen LogP contribution in [0.1, 0.15) is 36.3 Å². The number of amides is 1. The van der Waals surface area contributed by atoms with Crippen LogP contribution in [0.4, 0.5) is 0 Å². The van der Waals surface area contributed by atoms with Crippen LogP contribution in [0.3, 0.4) is 0 Å². The maximum atomic E-state index is 12.4. The van der Waals surface area contributed by atoms with Gasteiger partial charge in [-0.1, -0.05) is 20.3 Å². The third-order valence-electron chi connectivity index (χ3n) is 3.82. The van der Waals surface area contributed by atoms with Gasteiger partial charge in [-0.25, -0.2) is 9.78 Å². The van der Waals surface area contributed by atoms with Crippen LogP contribution < -0.4 is 5.32 Å². The van der Waals surface area contributed by atoms with Crippen LogP contribution in [-0.2, 0) is 9.53 Å². The van der Waals surface area contributed by atoms with Crippen molar-refractivity contribution in [3.8, 4) is 0 Å². The molecule has 0 aliphatic heterocycles. The largest absolute Gasteiger partial charge is 0.467 e. The van der Waals surface area contributed by atoms with Crippen molar-refractivity contribution in [3.63, 3.8) is 0 Å². The summed E-state index contributed by atoms with van der Waals surface area (Å²) in [6, 6.07) is 1.03. The minimum atomic E-state index is -0.677. The molecule has 118 valence electrons. The number of nitrogens with zero attached hydrogens (tertiary/aromatic N) is 2. The van der Waals surface area contributed by atoms with Gasteiger partial charge in [0.05, 0.1) is 12.7 Å². The average Bonchev–Trinajstić information content (AvgIpc) is 2.91. The maximum absolute atomic E-state index is 12.4. The van der Waals surface area contributed by atoms with Crippen molar-refractivity contribution in [2.45, 2.75) is 33.2 Å². The van der Waals surface area contributed by atoms with Crippen LogP contribution in [0.25, 0.3) is 11.0 Å². The van der Waals surface area contributed by atoms with E-state index in [1.54, 1.807) is 6.07 Å². The first-order valence-corrected chi connectivity index (χ1v) is 7.17. The Labute approximate surface area is 128 Å². The molecule has 2 aromatic heterocycles. The smallest absolute Gasteiger partial charge is 0.328 e. The van der Waals surface area contributed by atoms with Crippen molar-refractivity contribution in [3.05, 3.63) is 23.5 Å². The Bertz CT molecular complexity index is 695. The van der Waals surface area contributed by atoms with Gasteiger partial charge in [0.15, 0.2) is 5.65 Å². The molecule has 0 aliphatic carbocycles. The summed E-state index contributed by atoms with van der Waals surface area (Å²) in [5.41, 5.74) is 1.78. The molecule has 2 heterocycles. The molecule has 0 unspecified atom stereocenters. The number of methoxy groups -OCH3 is 1. The molecule has 0 aliphatic rings. The van der Waals surface area contributed by atoms with Crippen molar-refractivity contribution >= 4 is 22.9 Å². The van der Waals surface area contributed by atoms with E-state index in [2.05, 4.69) is 20.5 Å². The Morgan fingerprint density at radius 2 is 2.18 bits per heavy atom. The van der Waals surface area contributed by atoms with E-state index < -0.39 is 12.0 Å². The lowest BCUT2D eigenvalue weighted by atomic mass is 9.99. The topological polar surface area (TPSA) is 97.0 Å². The van der Waals surface area contributed by atoms with Crippen LogP contribution in [0.5, 0.6) is 0 Å². The second-order valence-electron chi connectivity index (χ2n) is 5.30. The van der Waals surface area contributed by atoms with Crippen LogP contribution >= 0.6 is 0 Å². The van der Waals surface area contributed by atoms with Gasteiger partial charge in [-0.2, -0.15) is 5.10 Å². The number of aromatic amines is 1. The van der Waals surface area contributed by atoms with E-state index in [0.29, 0.717) is 11.2 Å². The molecule has 0 bridgehead atoms. The SMILES string of the molecule is CC[C@@H](C)[C@@H](NC(=O)c1cnc2n[nH]c(C)c2c1)C(=O)OC. The summed E-state index contributed by atoms with van der Waals surface area (Å²) in [4.78, 5) is 28.4. The summed E-state index contributed by atoms with van der Waals surface area (Å²) >= 11 is 0. The first-order chi connectivity index (χ1) is 10.5. The van der Waals surface area contributed by atoms with E-state index in [-0.39, 0.29) is 11.8 Å². The molecule has 22 heavy (non-hydrogen) atoms. The molecular weight excluding hydrogens is 284 g/mol. The highest BCUT2D eigenvalue weighted by atomic mass is 16.5. The maximum Gasteiger partial charge on any atom is 0.328 e. The zero-order valence-electron chi connectivity index (χ0n) is 13.1. The second-order valence-corrected chi connectivity index (χ2v) is 5.30. The Morgan fingerprint density at radius 3 is 2.82 bits per heavy atom. The van der Waals surface area contributed by atoms with Crippen molar-refractivity contribution in [2.75, 3.05) is 7.11 Å². The molecule has 7 nitrogen and oxygen atoms in total. The van der Waals surface area contributed by atoms with Gasteiger partial charge in [0, 0.05) is 17.3 Å². The molecule has 0 aromatic carbocycles. The number of aromatic nitrogens is 3. The molecule has 0 spiro atoms. The monoisotopic (exact) mass is 304 g/mol. The predicted molar refractivity (Wildman–Crippen MR) is 81.4 cm³/mol. The van der Waals surface area contributed by atoms with Crippen molar-refractivity contribution in [1.29, 1.82) is 0 Å². The minimum Gasteiger partial charge on any atom is -0.467 e. The molecule has 2 aromatic rings. The standard InChI is InChI=1S/C15H20N4O3/c1-5-8(2)12(15(21)22-4)17-14(20)10-6-11-9(3)18-19-13(11)16-7-10/h6-8,12H,5H2,1-4H3,(H,17,20)(H,16,18,19)/t8-,12-/m1/s1. The summed E-state index contributed by atoms with van der Waals surface area (Å²) in [6.45, 7) is 5.70. The highest BCUT2D eigenvalue weighted by Gasteiger charge is 2.27. The second kappa shape index (κ2) is 6.55. The van der Waals surface area contributed by atoms with Gasteiger partial charge in [0.2, 0.25) is 0 Å². The molecule has 2 rings (SSSR count). The van der Waals surface area contributed by atoms with Crippen molar-refractivity contribution < 1.29 is 14.3 Å². The van der Waals surface area contributed by atoms with Crippen LogP contribution in [-0.4, -0.2) is 40.2 Å². The average molecular weight is 304 g/mol. The van der Waals surface area contributed by atoms with E-state index in [9.17, 15) is 9.59 Å². The van der Waals surface area contributed by atoms with E-state index in [1.165, 1.54) is 13.3 Å². The fourth-order valence-electron chi connectivity index (χ4n) is 2.16. The van der Waals surface area contributed by atoms with E-state index in [1.807, 2.05) is 20.8 Å². The number of hydrogen-bond donors (Lipinski definition) is 2. The molecule has 0 saturated heterocycles. The number of carbonyl (C=O) groups excluding carboxylic acids is 2. The van der Waals surface area contributed by atoms with Crippen LogP contribution in [0.2, 0.25) is 0 Å². The number of aryl methyl sites for hydroxylation is 1. The number of H-pyrrole nitrogens is 1. The van der Waals surface area contributed by atoms with E-state index in [0.717, 1.165) is 17.5 Å². The Morgan fingerprint density at radius 1 is 1.45 bits per heavy atom. The first kappa shape index (κ1) is 15.9. The highest BCUT2D eigenvalue weighted by Crippen LogP contribution is 2.15. The molecule has 0 radical (unpaired) electrons. The van der Waals surface area contributed by atoms with Gasteiger partial charge in [0.1, 0.15) is 6.04 Å². The summed E-state index contributed by atoms with van der Waals surface area (Å²) in [6.07, 6.45) is 2.20. The summed E-state index contributed by atoms with van der Waals surface area (Å²) < 4.78 is 4.76. The van der Waals surface area contributed by atoms with Gasteiger partial charge in [-0.05, 0) is 18.9 Å². The molecular formula is C15H20N4O3. The van der Waals surface area contributed by atoms with E-state index >= 15 is 0 Å². The van der Waals surface area contributed by atoms with Gasteiger partial charge < -0.3 is 10.1 Å². The zero-order chi connectivity index (χ0) is 16.3. The number of nitrogens with one attached hydrogen (secondary N) is 2. The molecule has 7 heteroatoms. The molecule has 2 N–H and O–H groups in total. The Hall–Kier alpha value is -2.44. The number of fused-ring (bicyclic) bond motifs is 1. The van der Waals surface area contributed by atoms with Crippen molar-refractivity contribution in [2.24, 2.45) is 5.92 Å². The number of rotatable bonds is 5. The fourth-order valence-corrected chi connectivity index (χ4v) is 2.16. The third kappa shape index (κ3) is 3.08. The zero-order valence-corrected chi connectivity index (χ0v) is 13.1. The van der Waals surface area contributed by atoms with Gasteiger partial charge in [-0.15, -0.1) is 0 Å². The fraction of sp³-hybridized carbons (Fsp3) is 0.467. The van der Waals surface area contributed by atoms with E-state index in [4.69, 9.17) is 4.74 Å².